The molecule has 6 nitrogen and oxygen atoms in total. The first-order valence-corrected chi connectivity index (χ1v) is 9.14. The van der Waals surface area contributed by atoms with Crippen LogP contribution in [0.1, 0.15) is 6.92 Å². The fourth-order valence-electron chi connectivity index (χ4n) is 2.95. The maximum atomic E-state index is 12.8. The van der Waals surface area contributed by atoms with Gasteiger partial charge in [0.15, 0.2) is 0 Å². The van der Waals surface area contributed by atoms with Crippen molar-refractivity contribution in [3.05, 3.63) is 30.5 Å². The summed E-state index contributed by atoms with van der Waals surface area (Å²) in [5, 5.41) is 5.46. The van der Waals surface area contributed by atoms with E-state index in [-0.39, 0.29) is 23.8 Å². The van der Waals surface area contributed by atoms with Crippen molar-refractivity contribution in [2.24, 2.45) is 5.92 Å². The average molecular weight is 346 g/mol. The molecule has 1 fully saturated rings. The largest absolute Gasteiger partial charge is 0.347 e. The van der Waals surface area contributed by atoms with Crippen molar-refractivity contribution in [3.63, 3.8) is 0 Å². The van der Waals surface area contributed by atoms with Crippen molar-refractivity contribution >= 4 is 34.5 Å². The van der Waals surface area contributed by atoms with Gasteiger partial charge in [0.2, 0.25) is 11.8 Å². The Labute approximate surface area is 145 Å². The van der Waals surface area contributed by atoms with Crippen LogP contribution >= 0.6 is 11.8 Å². The number of para-hydroxylation sites is 1. The van der Waals surface area contributed by atoms with E-state index in [1.54, 1.807) is 35.7 Å². The minimum Gasteiger partial charge on any atom is -0.347 e. The van der Waals surface area contributed by atoms with Crippen LogP contribution in [-0.4, -0.2) is 63.2 Å². The van der Waals surface area contributed by atoms with E-state index in [0.29, 0.717) is 18.2 Å². The molecule has 0 aliphatic carbocycles. The number of hydrogen-bond acceptors (Lipinski definition) is 4. The van der Waals surface area contributed by atoms with Crippen LogP contribution in [0.5, 0.6) is 0 Å². The smallest absolute Gasteiger partial charge is 0.245 e. The van der Waals surface area contributed by atoms with Crippen molar-refractivity contribution in [2.45, 2.75) is 19.5 Å². The summed E-state index contributed by atoms with van der Waals surface area (Å²) in [6, 6.07) is 7.60. The van der Waals surface area contributed by atoms with Crippen LogP contribution in [0.25, 0.3) is 10.9 Å². The zero-order valence-corrected chi connectivity index (χ0v) is 15.0. The summed E-state index contributed by atoms with van der Waals surface area (Å²) in [7, 11) is 3.46. The molecule has 2 aromatic rings. The van der Waals surface area contributed by atoms with Crippen molar-refractivity contribution in [1.82, 2.24) is 19.6 Å². The maximum absolute atomic E-state index is 12.8. The molecule has 2 atom stereocenters. The number of aromatic nitrogens is 2. The van der Waals surface area contributed by atoms with Crippen molar-refractivity contribution in [2.75, 3.05) is 25.7 Å². The second-order valence-corrected chi connectivity index (χ2v) is 7.34. The van der Waals surface area contributed by atoms with Gasteiger partial charge in [0, 0.05) is 25.2 Å². The first-order chi connectivity index (χ1) is 11.5. The number of rotatable bonds is 4. The van der Waals surface area contributed by atoms with Gasteiger partial charge in [-0.05, 0) is 6.07 Å². The van der Waals surface area contributed by atoms with Gasteiger partial charge in [0.25, 0.3) is 0 Å². The fraction of sp³-hybridized carbons (Fsp3) is 0.471. The third-order valence-corrected chi connectivity index (χ3v) is 5.32. The minimum absolute atomic E-state index is 0.00918. The lowest BCUT2D eigenvalue weighted by atomic mass is 10.1. The molecule has 0 spiro atoms. The highest BCUT2D eigenvalue weighted by atomic mass is 32.2. The van der Waals surface area contributed by atoms with E-state index in [0.717, 1.165) is 10.9 Å². The lowest BCUT2D eigenvalue weighted by molar-refractivity contribution is -0.144. The quantitative estimate of drug-likeness (QED) is 0.845. The molecule has 0 radical (unpaired) electrons. The summed E-state index contributed by atoms with van der Waals surface area (Å²) in [5.41, 5.74) is 1.02. The zero-order chi connectivity index (χ0) is 17.3. The molecule has 0 bridgehead atoms. The number of likely N-dealkylation sites (N-methyl/N-ethyl adjacent to an activating group) is 1. The molecule has 24 heavy (non-hydrogen) atoms. The number of benzene rings is 1. The Morgan fingerprint density at radius 2 is 2.12 bits per heavy atom. The van der Waals surface area contributed by atoms with E-state index in [1.165, 1.54) is 0 Å². The number of hydrogen-bond donors (Lipinski definition) is 0. The van der Waals surface area contributed by atoms with Gasteiger partial charge >= 0.3 is 0 Å². The van der Waals surface area contributed by atoms with Crippen LogP contribution in [-0.2, 0) is 16.1 Å². The summed E-state index contributed by atoms with van der Waals surface area (Å²) in [4.78, 5) is 28.4. The highest BCUT2D eigenvalue weighted by Crippen LogP contribution is 2.25. The molecule has 0 N–H and O–H groups in total. The molecule has 2 amide bonds. The molecular weight excluding hydrogens is 324 g/mol. The van der Waals surface area contributed by atoms with Gasteiger partial charge in [-0.3, -0.25) is 14.3 Å². The Hall–Kier alpha value is -2.02. The molecule has 7 heteroatoms. The Morgan fingerprint density at radius 1 is 1.38 bits per heavy atom. The molecule has 0 saturated carbocycles. The molecule has 1 aromatic carbocycles. The first kappa shape index (κ1) is 16.8. The Kier molecular flexibility index (Phi) is 4.80. The average Bonchev–Trinajstić information content (AvgIpc) is 3.20. The molecular formula is C17H22N4O2S. The summed E-state index contributed by atoms with van der Waals surface area (Å²) >= 11 is 1.63. The summed E-state index contributed by atoms with van der Waals surface area (Å²) in [5.74, 6) is 1.02. The Bertz CT molecular complexity index is 758. The van der Waals surface area contributed by atoms with Gasteiger partial charge in [0.1, 0.15) is 6.04 Å². The van der Waals surface area contributed by atoms with Crippen molar-refractivity contribution < 1.29 is 9.59 Å². The summed E-state index contributed by atoms with van der Waals surface area (Å²) in [6.07, 6.45) is 1.82. The SMILES string of the molecule is CC(Cn1ncc2ccccc21)C(=O)N1CSCC1C(=O)N(C)C. The topological polar surface area (TPSA) is 58.4 Å². The van der Waals surface area contributed by atoms with Crippen LogP contribution in [0.3, 0.4) is 0 Å². The van der Waals surface area contributed by atoms with Crippen LogP contribution in [0, 0.1) is 5.92 Å². The van der Waals surface area contributed by atoms with Crippen molar-refractivity contribution in [1.29, 1.82) is 0 Å². The third kappa shape index (κ3) is 3.13. The number of thioether (sulfide) groups is 1. The molecule has 1 aliphatic heterocycles. The number of nitrogens with zero attached hydrogens (tertiary/aromatic N) is 4. The first-order valence-electron chi connectivity index (χ1n) is 7.99. The normalized spacial score (nSPS) is 18.8. The third-order valence-electron chi connectivity index (χ3n) is 4.31. The minimum atomic E-state index is -0.352. The van der Waals surface area contributed by atoms with E-state index in [9.17, 15) is 9.59 Å². The van der Waals surface area contributed by atoms with Crippen LogP contribution in [0.2, 0.25) is 0 Å². The van der Waals surface area contributed by atoms with Gasteiger partial charge in [-0.2, -0.15) is 5.10 Å². The molecule has 2 unspecified atom stereocenters. The lowest BCUT2D eigenvalue weighted by Gasteiger charge is -2.27. The molecule has 1 saturated heterocycles. The monoisotopic (exact) mass is 346 g/mol. The van der Waals surface area contributed by atoms with Crippen LogP contribution < -0.4 is 0 Å². The molecule has 2 heterocycles. The second kappa shape index (κ2) is 6.84. The maximum Gasteiger partial charge on any atom is 0.245 e. The number of amides is 2. The number of fused-ring (bicyclic) bond motifs is 1. The van der Waals surface area contributed by atoms with Gasteiger partial charge in [-0.15, -0.1) is 11.8 Å². The predicted molar refractivity (Wildman–Crippen MR) is 95.6 cm³/mol. The highest BCUT2D eigenvalue weighted by Gasteiger charge is 2.37. The fourth-order valence-corrected chi connectivity index (χ4v) is 4.11. The Morgan fingerprint density at radius 3 is 2.88 bits per heavy atom. The van der Waals surface area contributed by atoms with E-state index in [4.69, 9.17) is 0 Å². The lowest BCUT2D eigenvalue weighted by Crippen LogP contribution is -2.48. The highest BCUT2D eigenvalue weighted by molar-refractivity contribution is 7.99. The van der Waals surface area contributed by atoms with Crippen LogP contribution in [0.15, 0.2) is 30.5 Å². The number of carbonyl (C=O) groups excluding carboxylic acids is 2. The van der Waals surface area contributed by atoms with E-state index >= 15 is 0 Å². The summed E-state index contributed by atoms with van der Waals surface area (Å²) in [6.45, 7) is 2.41. The molecule has 3 rings (SSSR count). The van der Waals surface area contributed by atoms with E-state index in [2.05, 4.69) is 5.10 Å². The molecule has 1 aromatic heterocycles. The van der Waals surface area contributed by atoms with E-state index < -0.39 is 0 Å². The number of carbonyl (C=O) groups is 2. The Balaban J connectivity index is 1.73. The molecule has 128 valence electrons. The summed E-state index contributed by atoms with van der Waals surface area (Å²) < 4.78 is 1.86. The van der Waals surface area contributed by atoms with Crippen molar-refractivity contribution in [3.8, 4) is 0 Å². The standard InChI is InChI=1S/C17H22N4O2S/c1-12(9-21-14-7-5-4-6-13(14)8-18-21)16(22)20-11-24-10-15(20)17(23)19(2)3/h4-8,12,15H,9-11H2,1-3H3. The zero-order valence-electron chi connectivity index (χ0n) is 14.2. The van der Waals surface area contributed by atoms with Gasteiger partial charge in [-0.1, -0.05) is 25.1 Å². The predicted octanol–water partition coefficient (Wildman–Crippen LogP) is 1.66. The van der Waals surface area contributed by atoms with Gasteiger partial charge in [0.05, 0.1) is 30.1 Å². The second-order valence-electron chi connectivity index (χ2n) is 6.34. The van der Waals surface area contributed by atoms with E-state index in [1.807, 2.05) is 42.1 Å². The van der Waals surface area contributed by atoms with Gasteiger partial charge < -0.3 is 9.80 Å². The van der Waals surface area contributed by atoms with Gasteiger partial charge in [-0.25, -0.2) is 0 Å². The molecule has 1 aliphatic rings. The van der Waals surface area contributed by atoms with Crippen LogP contribution in [0.4, 0.5) is 0 Å².